The maximum absolute atomic E-state index is 11.6. The Balaban J connectivity index is 2.96. The molecule has 3 nitrogen and oxygen atoms in total. The molecule has 0 saturated heterocycles. The number of benzene rings is 1. The van der Waals surface area contributed by atoms with E-state index in [0.29, 0.717) is 22.2 Å². The molecule has 0 bridgehead atoms. The molecular weight excluding hydrogens is 323 g/mol. The third-order valence-corrected chi connectivity index (χ3v) is 4.27. The maximum Gasteiger partial charge on any atom is 0.305 e. The highest BCUT2D eigenvalue weighted by atomic mass is 35.5. The molecule has 1 aromatic carbocycles. The Morgan fingerprint density at radius 3 is 2.32 bits per heavy atom. The summed E-state index contributed by atoms with van der Waals surface area (Å²) < 4.78 is 11.5. The molecule has 0 radical (unpaired) electrons. The number of hydrogen-bond donors (Lipinski definition) is 0. The fraction of sp³-hybridized carbons (Fsp3) is 0.588. The molecule has 5 heteroatoms. The van der Waals surface area contributed by atoms with E-state index in [1.807, 2.05) is 6.92 Å². The molecule has 22 heavy (non-hydrogen) atoms. The lowest BCUT2D eigenvalue weighted by molar-refractivity contribution is -0.154. The summed E-state index contributed by atoms with van der Waals surface area (Å²) in [6.07, 6.45) is 1.62. The summed E-state index contributed by atoms with van der Waals surface area (Å²) in [7, 11) is 0. The van der Waals surface area contributed by atoms with Gasteiger partial charge in [0.25, 0.3) is 0 Å². The second-order valence-corrected chi connectivity index (χ2v) is 6.13. The molecule has 0 N–H and O–H groups in total. The first kappa shape index (κ1) is 19.1. The highest BCUT2D eigenvalue weighted by molar-refractivity contribution is 6.35. The van der Waals surface area contributed by atoms with Crippen molar-refractivity contribution in [3.05, 3.63) is 28.2 Å². The predicted molar refractivity (Wildman–Crippen MR) is 90.8 cm³/mol. The van der Waals surface area contributed by atoms with E-state index in [4.69, 9.17) is 32.7 Å². The van der Waals surface area contributed by atoms with Crippen molar-refractivity contribution in [1.82, 2.24) is 0 Å². The van der Waals surface area contributed by atoms with Crippen LogP contribution < -0.4 is 4.74 Å². The lowest BCUT2D eigenvalue weighted by atomic mass is 9.93. The largest absolute Gasteiger partial charge is 0.485 e. The summed E-state index contributed by atoms with van der Waals surface area (Å²) in [4.78, 5) is 11.6. The van der Waals surface area contributed by atoms with Gasteiger partial charge in [-0.3, -0.25) is 4.79 Å². The second kappa shape index (κ2) is 9.26. The van der Waals surface area contributed by atoms with Gasteiger partial charge < -0.3 is 9.47 Å². The smallest absolute Gasteiger partial charge is 0.305 e. The highest BCUT2D eigenvalue weighted by Crippen LogP contribution is 2.31. The zero-order valence-corrected chi connectivity index (χ0v) is 15.1. The van der Waals surface area contributed by atoms with E-state index in [2.05, 4.69) is 13.8 Å². The molecule has 0 aliphatic rings. The molecule has 0 aromatic heterocycles. The average molecular weight is 347 g/mol. The van der Waals surface area contributed by atoms with Gasteiger partial charge >= 0.3 is 5.97 Å². The normalized spacial score (nSPS) is 13.8. The molecule has 1 rings (SSSR count). The zero-order valence-electron chi connectivity index (χ0n) is 13.6. The minimum absolute atomic E-state index is 0.228. The average Bonchev–Trinajstić information content (AvgIpc) is 2.49. The molecule has 0 aliphatic carbocycles. The highest BCUT2D eigenvalue weighted by Gasteiger charge is 2.29. The van der Waals surface area contributed by atoms with Crippen LogP contribution in [-0.2, 0) is 9.53 Å². The lowest BCUT2D eigenvalue weighted by Crippen LogP contribution is -2.39. The quantitative estimate of drug-likeness (QED) is 0.581. The van der Waals surface area contributed by atoms with Gasteiger partial charge in [0.05, 0.1) is 5.02 Å². The van der Waals surface area contributed by atoms with Gasteiger partial charge in [0, 0.05) is 11.4 Å². The van der Waals surface area contributed by atoms with Crippen molar-refractivity contribution < 1.29 is 14.3 Å². The molecule has 0 aliphatic heterocycles. The third-order valence-electron chi connectivity index (χ3n) is 3.74. The Hall–Kier alpha value is -0.930. The summed E-state index contributed by atoms with van der Waals surface area (Å²) in [5, 5.41) is 1.01. The van der Waals surface area contributed by atoms with Crippen molar-refractivity contribution in [1.29, 1.82) is 0 Å². The number of carbonyl (C=O) groups is 1. The first-order valence-electron chi connectivity index (χ1n) is 7.74. The van der Waals surface area contributed by atoms with Crippen LogP contribution >= 0.6 is 23.2 Å². The van der Waals surface area contributed by atoms with Gasteiger partial charge in [0.15, 0.2) is 0 Å². The van der Waals surface area contributed by atoms with Crippen LogP contribution in [0.1, 0.15) is 47.0 Å². The molecule has 0 fully saturated rings. The van der Waals surface area contributed by atoms with Crippen LogP contribution in [0.5, 0.6) is 5.75 Å². The standard InChI is InChI=1S/C17H24Cl2O3/c1-5-12(6-2)17(11(4)21-16(20)7-3)22-15-9-8-13(18)10-14(15)19/h8-12,17H,5-7H2,1-4H3. The first-order valence-corrected chi connectivity index (χ1v) is 8.49. The Kier molecular flexibility index (Phi) is 8.05. The van der Waals surface area contributed by atoms with Gasteiger partial charge in [-0.05, 0) is 43.9 Å². The monoisotopic (exact) mass is 346 g/mol. The van der Waals surface area contributed by atoms with Gasteiger partial charge in [-0.1, -0.05) is 44.0 Å². The van der Waals surface area contributed by atoms with Crippen LogP contribution in [0.4, 0.5) is 0 Å². The van der Waals surface area contributed by atoms with E-state index in [1.165, 1.54) is 0 Å². The lowest BCUT2D eigenvalue weighted by Gasteiger charge is -2.31. The van der Waals surface area contributed by atoms with Crippen LogP contribution in [0.3, 0.4) is 0 Å². The number of carbonyl (C=O) groups excluding carboxylic acids is 1. The van der Waals surface area contributed by atoms with Gasteiger partial charge in [-0.15, -0.1) is 0 Å². The number of halogens is 2. The van der Waals surface area contributed by atoms with Crippen molar-refractivity contribution >= 4 is 29.2 Å². The van der Waals surface area contributed by atoms with Gasteiger partial charge in [-0.25, -0.2) is 0 Å². The van der Waals surface area contributed by atoms with Crippen LogP contribution in [0.2, 0.25) is 10.0 Å². The summed E-state index contributed by atoms with van der Waals surface area (Å²) in [5.74, 6) is 0.600. The van der Waals surface area contributed by atoms with Crippen molar-refractivity contribution in [2.45, 2.75) is 59.2 Å². The maximum atomic E-state index is 11.6. The van der Waals surface area contributed by atoms with Crippen LogP contribution in [-0.4, -0.2) is 18.2 Å². The zero-order chi connectivity index (χ0) is 16.7. The van der Waals surface area contributed by atoms with Gasteiger partial charge in [0.1, 0.15) is 18.0 Å². The minimum Gasteiger partial charge on any atom is -0.485 e. The molecule has 0 saturated carbocycles. The van der Waals surface area contributed by atoms with E-state index >= 15 is 0 Å². The number of esters is 1. The van der Waals surface area contributed by atoms with Crippen molar-refractivity contribution in [2.24, 2.45) is 5.92 Å². The predicted octanol–water partition coefficient (Wildman–Crippen LogP) is 5.52. The van der Waals surface area contributed by atoms with Gasteiger partial charge in [-0.2, -0.15) is 0 Å². The number of hydrogen-bond acceptors (Lipinski definition) is 3. The number of rotatable bonds is 8. The molecular formula is C17H24Cl2O3. The molecule has 2 atom stereocenters. The first-order chi connectivity index (χ1) is 10.4. The molecule has 1 aromatic rings. The summed E-state index contributed by atoms with van der Waals surface area (Å²) in [6, 6.07) is 5.12. The molecule has 124 valence electrons. The van der Waals surface area contributed by atoms with Crippen LogP contribution in [0, 0.1) is 5.92 Å². The Bertz CT molecular complexity index is 487. The molecule has 0 heterocycles. The van der Waals surface area contributed by atoms with Crippen LogP contribution in [0.25, 0.3) is 0 Å². The van der Waals surface area contributed by atoms with E-state index < -0.39 is 0 Å². The van der Waals surface area contributed by atoms with E-state index in [-0.39, 0.29) is 24.1 Å². The fourth-order valence-electron chi connectivity index (χ4n) is 2.40. The summed E-state index contributed by atoms with van der Waals surface area (Å²) >= 11 is 12.1. The second-order valence-electron chi connectivity index (χ2n) is 5.28. The van der Waals surface area contributed by atoms with Crippen LogP contribution in [0.15, 0.2) is 18.2 Å². The molecule has 0 spiro atoms. The Labute approximate surface area is 142 Å². The molecule has 0 amide bonds. The van der Waals surface area contributed by atoms with E-state index in [1.54, 1.807) is 25.1 Å². The van der Waals surface area contributed by atoms with Crippen molar-refractivity contribution in [3.8, 4) is 5.75 Å². The van der Waals surface area contributed by atoms with E-state index in [9.17, 15) is 4.79 Å². The Morgan fingerprint density at radius 1 is 1.18 bits per heavy atom. The van der Waals surface area contributed by atoms with E-state index in [0.717, 1.165) is 12.8 Å². The van der Waals surface area contributed by atoms with Crippen molar-refractivity contribution in [2.75, 3.05) is 0 Å². The SMILES string of the molecule is CCC(=O)OC(C)C(Oc1ccc(Cl)cc1Cl)C(CC)CC. The minimum atomic E-state index is -0.343. The molecule has 2 unspecified atom stereocenters. The van der Waals surface area contributed by atoms with Crippen molar-refractivity contribution in [3.63, 3.8) is 0 Å². The fourth-order valence-corrected chi connectivity index (χ4v) is 2.86. The number of ether oxygens (including phenoxy) is 2. The summed E-state index contributed by atoms with van der Waals surface area (Å²) in [6.45, 7) is 7.84. The third kappa shape index (κ3) is 5.36. The Morgan fingerprint density at radius 2 is 1.82 bits per heavy atom. The summed E-state index contributed by atoms with van der Waals surface area (Å²) in [5.41, 5.74) is 0. The van der Waals surface area contributed by atoms with Gasteiger partial charge in [0.2, 0.25) is 0 Å². The topological polar surface area (TPSA) is 35.5 Å².